The molecule has 9 atom stereocenters. The molecule has 4 rings (SSSR count). The van der Waals surface area contributed by atoms with E-state index in [-0.39, 0.29) is 24.0 Å². The summed E-state index contributed by atoms with van der Waals surface area (Å²) in [5.41, 5.74) is 1.29. The molecule has 3 saturated carbocycles. The van der Waals surface area contributed by atoms with Crippen LogP contribution in [0.5, 0.6) is 0 Å². The summed E-state index contributed by atoms with van der Waals surface area (Å²) in [5, 5.41) is 32.1. The molecule has 4 aliphatic carbocycles. The van der Waals surface area contributed by atoms with Gasteiger partial charge in [0.2, 0.25) is 0 Å². The molecule has 30 heavy (non-hydrogen) atoms. The van der Waals surface area contributed by atoms with Crippen LogP contribution >= 0.6 is 0 Å². The second kappa shape index (κ2) is 8.52. The van der Waals surface area contributed by atoms with Crippen LogP contribution in [-0.2, 0) is 0 Å². The molecule has 0 aromatic carbocycles. The van der Waals surface area contributed by atoms with E-state index in [9.17, 15) is 15.3 Å². The highest BCUT2D eigenvalue weighted by Crippen LogP contribution is 2.67. The average molecular weight is 419 g/mol. The molecule has 0 bridgehead atoms. The lowest BCUT2D eigenvalue weighted by Gasteiger charge is -2.60. The molecule has 2 unspecified atom stereocenters. The van der Waals surface area contributed by atoms with E-state index in [1.165, 1.54) is 38.5 Å². The normalized spacial score (nSPS) is 46.7. The van der Waals surface area contributed by atoms with E-state index >= 15 is 0 Å². The summed E-state index contributed by atoms with van der Waals surface area (Å²) >= 11 is 0. The largest absolute Gasteiger partial charge is 0.395 e. The van der Waals surface area contributed by atoms with Crippen LogP contribution in [0.2, 0.25) is 0 Å². The van der Waals surface area contributed by atoms with E-state index < -0.39 is 6.10 Å². The van der Waals surface area contributed by atoms with E-state index in [1.54, 1.807) is 0 Å². The summed E-state index contributed by atoms with van der Waals surface area (Å²) in [7, 11) is 0. The first-order valence-corrected chi connectivity index (χ1v) is 12.9. The number of rotatable bonds is 6. The van der Waals surface area contributed by atoms with Crippen LogP contribution in [0.15, 0.2) is 11.6 Å². The number of hydrogen-bond acceptors (Lipinski definition) is 3. The first kappa shape index (κ1) is 22.8. The van der Waals surface area contributed by atoms with Crippen LogP contribution in [0.25, 0.3) is 0 Å². The van der Waals surface area contributed by atoms with Gasteiger partial charge in [0.15, 0.2) is 0 Å². The second-order valence-corrected chi connectivity index (χ2v) is 12.2. The predicted molar refractivity (Wildman–Crippen MR) is 122 cm³/mol. The van der Waals surface area contributed by atoms with Crippen molar-refractivity contribution in [3.63, 3.8) is 0 Å². The molecule has 0 heterocycles. The minimum absolute atomic E-state index is 0.178. The predicted octanol–water partition coefficient (Wildman–Crippen LogP) is 5.33. The minimum Gasteiger partial charge on any atom is -0.395 e. The lowest BCUT2D eigenvalue weighted by molar-refractivity contribution is -0.114. The lowest BCUT2D eigenvalue weighted by Crippen LogP contribution is -2.57. The van der Waals surface area contributed by atoms with E-state index in [0.29, 0.717) is 23.7 Å². The number of aliphatic hydroxyl groups excluding tert-OH is 3. The van der Waals surface area contributed by atoms with Crippen molar-refractivity contribution in [2.45, 2.75) is 104 Å². The molecule has 0 aliphatic heterocycles. The van der Waals surface area contributed by atoms with Crippen LogP contribution in [-0.4, -0.2) is 34.1 Å². The minimum atomic E-state index is -0.408. The Balaban J connectivity index is 1.56. The summed E-state index contributed by atoms with van der Waals surface area (Å²) in [5.74, 6) is 3.55. The van der Waals surface area contributed by atoms with E-state index in [1.807, 2.05) is 0 Å². The summed E-state index contributed by atoms with van der Waals surface area (Å²) < 4.78 is 0. The maximum absolute atomic E-state index is 11.3. The Morgan fingerprint density at radius 1 is 1.00 bits per heavy atom. The zero-order valence-corrected chi connectivity index (χ0v) is 19.8. The fourth-order valence-electron chi connectivity index (χ4n) is 8.76. The quantitative estimate of drug-likeness (QED) is 0.511. The molecule has 0 spiro atoms. The zero-order chi connectivity index (χ0) is 21.7. The molecule has 3 N–H and O–H groups in total. The van der Waals surface area contributed by atoms with Crippen molar-refractivity contribution < 1.29 is 15.3 Å². The van der Waals surface area contributed by atoms with Crippen molar-refractivity contribution in [3.8, 4) is 0 Å². The highest BCUT2D eigenvalue weighted by atomic mass is 16.3. The van der Waals surface area contributed by atoms with Crippen molar-refractivity contribution in [3.05, 3.63) is 11.6 Å². The first-order chi connectivity index (χ1) is 14.2. The third-order valence-electron chi connectivity index (χ3n) is 10.3. The molecule has 4 aliphatic rings. The second-order valence-electron chi connectivity index (χ2n) is 12.2. The summed E-state index contributed by atoms with van der Waals surface area (Å²) in [4.78, 5) is 0. The smallest absolute Gasteiger partial charge is 0.0757 e. The Labute approximate surface area is 184 Å². The van der Waals surface area contributed by atoms with Gasteiger partial charge in [-0.25, -0.2) is 0 Å². The molecule has 172 valence electrons. The fraction of sp³-hybridized carbons (Fsp3) is 0.926. The van der Waals surface area contributed by atoms with Gasteiger partial charge in [-0.2, -0.15) is 0 Å². The van der Waals surface area contributed by atoms with E-state index in [2.05, 4.69) is 33.8 Å². The molecular formula is C27H46O3. The SMILES string of the molecule is CC(C)CCC[C@@H](C)[C@H]1CC[C@H]2[C@@H]3C(O)C=C4CC(O)CC[C@]4(CO)[C@H]3CC[C@]12C. The van der Waals surface area contributed by atoms with E-state index in [4.69, 9.17) is 0 Å². The fourth-order valence-corrected chi connectivity index (χ4v) is 8.76. The van der Waals surface area contributed by atoms with Gasteiger partial charge in [-0.1, -0.05) is 58.6 Å². The van der Waals surface area contributed by atoms with Crippen LogP contribution in [0.1, 0.15) is 91.9 Å². The Hall–Kier alpha value is -0.380. The summed E-state index contributed by atoms with van der Waals surface area (Å²) in [6.45, 7) is 9.85. The first-order valence-electron chi connectivity index (χ1n) is 12.9. The monoisotopic (exact) mass is 418 g/mol. The van der Waals surface area contributed by atoms with Crippen molar-refractivity contribution in [2.75, 3.05) is 6.61 Å². The van der Waals surface area contributed by atoms with Gasteiger partial charge in [0.05, 0.1) is 18.8 Å². The van der Waals surface area contributed by atoms with Gasteiger partial charge < -0.3 is 15.3 Å². The van der Waals surface area contributed by atoms with Crippen molar-refractivity contribution in [2.24, 2.45) is 46.3 Å². The van der Waals surface area contributed by atoms with Gasteiger partial charge in [0.1, 0.15) is 0 Å². The Kier molecular flexibility index (Phi) is 6.48. The van der Waals surface area contributed by atoms with Gasteiger partial charge in [-0.15, -0.1) is 0 Å². The molecule has 0 radical (unpaired) electrons. The summed E-state index contributed by atoms with van der Waals surface area (Å²) in [6.07, 6.45) is 12.6. The number of fused-ring (bicyclic) bond motifs is 5. The van der Waals surface area contributed by atoms with Gasteiger partial charge in [-0.05, 0) is 85.9 Å². The Morgan fingerprint density at radius 2 is 1.77 bits per heavy atom. The molecule has 0 aromatic rings. The standard InChI is InChI=1S/C27H46O3/c1-17(2)6-5-7-18(3)21-8-9-22-25-23(11-12-26(21,22)4)27(16-28)13-10-20(29)14-19(27)15-24(25)30/h15,17-18,20-25,28-30H,5-14,16H2,1-4H3/t18-,20?,21-,22+,23+,24?,25+,26-,27-/m1/s1. The van der Waals surface area contributed by atoms with Gasteiger partial charge in [0.25, 0.3) is 0 Å². The van der Waals surface area contributed by atoms with E-state index in [0.717, 1.165) is 42.6 Å². The van der Waals surface area contributed by atoms with Crippen LogP contribution in [0.4, 0.5) is 0 Å². The molecule has 3 fully saturated rings. The van der Waals surface area contributed by atoms with Gasteiger partial charge in [0, 0.05) is 5.41 Å². The Morgan fingerprint density at radius 3 is 2.47 bits per heavy atom. The van der Waals surface area contributed by atoms with Crippen molar-refractivity contribution >= 4 is 0 Å². The van der Waals surface area contributed by atoms with Crippen LogP contribution < -0.4 is 0 Å². The zero-order valence-electron chi connectivity index (χ0n) is 19.8. The third-order valence-corrected chi connectivity index (χ3v) is 10.3. The molecule has 0 aromatic heterocycles. The number of aliphatic hydroxyl groups is 3. The topological polar surface area (TPSA) is 60.7 Å². The number of hydrogen-bond donors (Lipinski definition) is 3. The third kappa shape index (κ3) is 3.61. The van der Waals surface area contributed by atoms with Crippen LogP contribution in [0.3, 0.4) is 0 Å². The maximum Gasteiger partial charge on any atom is 0.0757 e. The van der Waals surface area contributed by atoms with Crippen LogP contribution in [0, 0.1) is 46.3 Å². The van der Waals surface area contributed by atoms with Crippen molar-refractivity contribution in [1.29, 1.82) is 0 Å². The molecule has 3 heteroatoms. The molecule has 3 nitrogen and oxygen atoms in total. The van der Waals surface area contributed by atoms with Gasteiger partial charge >= 0.3 is 0 Å². The summed E-state index contributed by atoms with van der Waals surface area (Å²) in [6, 6.07) is 0. The maximum atomic E-state index is 11.3. The van der Waals surface area contributed by atoms with Crippen molar-refractivity contribution in [1.82, 2.24) is 0 Å². The highest BCUT2D eigenvalue weighted by molar-refractivity contribution is 5.29. The average Bonchev–Trinajstić information content (AvgIpc) is 3.04. The Bertz CT molecular complexity index is 642. The molecule has 0 saturated heterocycles. The lowest BCUT2D eigenvalue weighted by atomic mass is 9.46. The molecule has 0 amide bonds. The van der Waals surface area contributed by atoms with Gasteiger partial charge in [-0.3, -0.25) is 0 Å². The molecular weight excluding hydrogens is 372 g/mol. The highest BCUT2D eigenvalue weighted by Gasteiger charge is 2.62.